The van der Waals surface area contributed by atoms with Crippen molar-refractivity contribution in [3.63, 3.8) is 0 Å². The number of hydrogen-bond acceptors (Lipinski definition) is 3. The van der Waals surface area contributed by atoms with Crippen LogP contribution in [0, 0.1) is 5.92 Å². The molecule has 0 spiro atoms. The van der Waals surface area contributed by atoms with Crippen molar-refractivity contribution in [3.8, 4) is 0 Å². The third-order valence-corrected chi connectivity index (χ3v) is 11.6. The van der Waals surface area contributed by atoms with Gasteiger partial charge in [-0.15, -0.1) is 0 Å². The summed E-state index contributed by atoms with van der Waals surface area (Å²) >= 11 is 7.66. The van der Waals surface area contributed by atoms with E-state index in [1.165, 1.54) is 18.4 Å². The standard InChI is InChI=1S/C12H22NOPS2/c1-9(2)10-6-7-12(3)11(8-10)14-15(16,17-12)13(4)5/h10-11H,1,6-8H2,2-5H3/t10-,11+,12+,15?/m0/s1. The highest BCUT2D eigenvalue weighted by Crippen LogP contribution is 2.75. The molecule has 2 rings (SSSR count). The van der Waals surface area contributed by atoms with Crippen LogP contribution in [0.5, 0.6) is 0 Å². The lowest BCUT2D eigenvalue weighted by atomic mass is 9.77. The Morgan fingerprint density at radius 3 is 2.76 bits per heavy atom. The van der Waals surface area contributed by atoms with Crippen molar-refractivity contribution in [2.75, 3.05) is 14.1 Å². The molecule has 2 fully saturated rings. The summed E-state index contributed by atoms with van der Waals surface area (Å²) in [5.41, 5.74) is -0.519. The van der Waals surface area contributed by atoms with Crippen LogP contribution in [-0.2, 0) is 16.3 Å². The van der Waals surface area contributed by atoms with E-state index in [-0.39, 0.29) is 4.75 Å². The molecule has 1 heterocycles. The fourth-order valence-electron chi connectivity index (χ4n) is 2.58. The Bertz CT molecular complexity index is 385. The van der Waals surface area contributed by atoms with Gasteiger partial charge in [0.2, 0.25) is 0 Å². The zero-order chi connectivity index (χ0) is 12.8. The van der Waals surface area contributed by atoms with Gasteiger partial charge in [0.1, 0.15) is 0 Å². The lowest BCUT2D eigenvalue weighted by Crippen LogP contribution is -2.39. The van der Waals surface area contributed by atoms with Crippen molar-refractivity contribution in [2.24, 2.45) is 5.92 Å². The molecule has 0 aromatic heterocycles. The normalized spacial score (nSPS) is 45.9. The molecule has 1 aliphatic carbocycles. The van der Waals surface area contributed by atoms with Gasteiger partial charge in [0.25, 0.3) is 0 Å². The zero-order valence-corrected chi connectivity index (χ0v) is 13.6. The number of fused-ring (bicyclic) bond motifs is 1. The van der Waals surface area contributed by atoms with E-state index in [1.807, 2.05) is 25.5 Å². The van der Waals surface area contributed by atoms with E-state index in [0.29, 0.717) is 12.0 Å². The molecule has 0 bridgehead atoms. The number of nitrogens with zero attached hydrogens (tertiary/aromatic N) is 1. The highest BCUT2D eigenvalue weighted by molar-refractivity contribution is 8.69. The van der Waals surface area contributed by atoms with Crippen molar-refractivity contribution in [1.82, 2.24) is 4.67 Å². The minimum atomic E-state index is -1.82. The van der Waals surface area contributed by atoms with E-state index in [9.17, 15) is 0 Å². The maximum atomic E-state index is 6.27. The van der Waals surface area contributed by atoms with Crippen molar-refractivity contribution < 1.29 is 4.52 Å². The van der Waals surface area contributed by atoms with Crippen LogP contribution in [0.15, 0.2) is 12.2 Å². The van der Waals surface area contributed by atoms with Gasteiger partial charge < -0.3 is 4.52 Å². The fourth-order valence-corrected chi connectivity index (χ4v) is 9.66. The number of allylic oxidation sites excluding steroid dienone is 1. The number of hydrogen-bond donors (Lipinski definition) is 0. The highest BCUT2D eigenvalue weighted by Gasteiger charge is 2.53. The Hall–Kier alpha value is 0.660. The number of rotatable bonds is 2. The Kier molecular flexibility index (Phi) is 3.85. The van der Waals surface area contributed by atoms with Crippen LogP contribution in [0.3, 0.4) is 0 Å². The summed E-state index contributed by atoms with van der Waals surface area (Å²) in [6, 6.07) is 0. The Morgan fingerprint density at radius 2 is 2.24 bits per heavy atom. The third-order valence-electron chi connectivity index (χ3n) is 3.94. The first-order chi connectivity index (χ1) is 7.77. The topological polar surface area (TPSA) is 12.5 Å². The van der Waals surface area contributed by atoms with Crippen LogP contribution in [0.25, 0.3) is 0 Å². The summed E-state index contributed by atoms with van der Waals surface area (Å²) in [7, 11) is 4.09. The second-order valence-corrected chi connectivity index (χ2v) is 12.9. The van der Waals surface area contributed by atoms with E-state index in [4.69, 9.17) is 16.3 Å². The predicted molar refractivity (Wildman–Crippen MR) is 81.0 cm³/mol. The highest BCUT2D eigenvalue weighted by atomic mass is 32.9. The molecule has 1 saturated heterocycles. The van der Waals surface area contributed by atoms with Crippen LogP contribution in [0.2, 0.25) is 0 Å². The molecule has 98 valence electrons. The Balaban J connectivity index is 2.18. The average Bonchev–Trinajstić information content (AvgIpc) is 2.48. The summed E-state index contributed by atoms with van der Waals surface area (Å²) in [6.45, 7) is 8.56. The van der Waals surface area contributed by atoms with Gasteiger partial charge >= 0.3 is 0 Å². The molecule has 0 aromatic rings. The molecule has 17 heavy (non-hydrogen) atoms. The lowest BCUT2D eigenvalue weighted by Gasteiger charge is -2.37. The fraction of sp³-hybridized carbons (Fsp3) is 0.833. The van der Waals surface area contributed by atoms with Crippen LogP contribution in [0.4, 0.5) is 0 Å². The summed E-state index contributed by atoms with van der Waals surface area (Å²) in [5.74, 6) is 0.623. The maximum absolute atomic E-state index is 6.27. The first-order valence-electron chi connectivity index (χ1n) is 6.09. The van der Waals surface area contributed by atoms with E-state index in [0.717, 1.165) is 6.42 Å². The van der Waals surface area contributed by atoms with Crippen LogP contribution in [-0.4, -0.2) is 29.6 Å². The zero-order valence-electron chi connectivity index (χ0n) is 11.1. The van der Waals surface area contributed by atoms with Gasteiger partial charge in [0.05, 0.1) is 6.10 Å². The average molecular weight is 291 g/mol. The van der Waals surface area contributed by atoms with E-state index in [1.54, 1.807) is 0 Å². The van der Waals surface area contributed by atoms with Gasteiger partial charge in [0.15, 0.2) is 5.62 Å². The van der Waals surface area contributed by atoms with Gasteiger partial charge in [-0.2, -0.15) is 0 Å². The minimum absolute atomic E-state index is 0.228. The molecule has 4 atom stereocenters. The summed E-state index contributed by atoms with van der Waals surface area (Å²) in [5, 5.41) is 0. The SMILES string of the molecule is C=C(C)[C@H]1CC[C@@]2(C)SP(=S)(N(C)C)O[C@@H]2C1. The quantitative estimate of drug-likeness (QED) is 0.562. The molecule has 1 saturated carbocycles. The van der Waals surface area contributed by atoms with E-state index < -0.39 is 5.62 Å². The predicted octanol–water partition coefficient (Wildman–Crippen LogP) is 4.04. The first-order valence-corrected chi connectivity index (χ1v) is 10.2. The molecule has 2 nitrogen and oxygen atoms in total. The molecule has 0 radical (unpaired) electrons. The van der Waals surface area contributed by atoms with Crippen molar-refractivity contribution in [3.05, 3.63) is 12.2 Å². The smallest absolute Gasteiger partial charge is 0.188 e. The second kappa shape index (κ2) is 4.64. The van der Waals surface area contributed by atoms with Crippen molar-refractivity contribution in [1.29, 1.82) is 0 Å². The molecular weight excluding hydrogens is 269 g/mol. The maximum Gasteiger partial charge on any atom is 0.188 e. The second-order valence-electron chi connectivity index (χ2n) is 5.63. The van der Waals surface area contributed by atoms with Crippen LogP contribution >= 0.6 is 17.0 Å². The van der Waals surface area contributed by atoms with Crippen LogP contribution < -0.4 is 0 Å². The van der Waals surface area contributed by atoms with E-state index >= 15 is 0 Å². The van der Waals surface area contributed by atoms with Gasteiger partial charge in [-0.05, 0) is 64.9 Å². The van der Waals surface area contributed by atoms with Gasteiger partial charge in [-0.1, -0.05) is 23.5 Å². The van der Waals surface area contributed by atoms with Gasteiger partial charge in [-0.25, -0.2) is 0 Å². The molecule has 0 amide bonds. The van der Waals surface area contributed by atoms with Gasteiger partial charge in [0, 0.05) is 4.75 Å². The molecule has 1 unspecified atom stereocenters. The Morgan fingerprint density at radius 1 is 1.59 bits per heavy atom. The molecule has 1 aliphatic heterocycles. The summed E-state index contributed by atoms with van der Waals surface area (Å²) in [4.78, 5) is 0. The van der Waals surface area contributed by atoms with Crippen molar-refractivity contribution >= 4 is 28.8 Å². The van der Waals surface area contributed by atoms with Crippen molar-refractivity contribution in [2.45, 2.75) is 44.0 Å². The monoisotopic (exact) mass is 291 g/mol. The third kappa shape index (κ3) is 2.52. The van der Waals surface area contributed by atoms with E-state index in [2.05, 4.69) is 25.1 Å². The molecule has 5 heteroatoms. The molecule has 2 aliphatic rings. The lowest BCUT2D eigenvalue weighted by molar-refractivity contribution is 0.122. The summed E-state index contributed by atoms with van der Waals surface area (Å²) in [6.07, 6.45) is 3.86. The van der Waals surface area contributed by atoms with Gasteiger partial charge in [-0.3, -0.25) is 4.67 Å². The largest absolute Gasteiger partial charge is 0.326 e. The molecule has 0 N–H and O–H groups in total. The van der Waals surface area contributed by atoms with Crippen LogP contribution in [0.1, 0.15) is 33.1 Å². The molecule has 0 aromatic carbocycles. The summed E-state index contributed by atoms with van der Waals surface area (Å²) < 4.78 is 8.62. The minimum Gasteiger partial charge on any atom is -0.326 e. The molecular formula is C12H22NOPS2. The first kappa shape index (κ1) is 14.1. The Labute approximate surface area is 114 Å².